The minimum absolute atomic E-state index is 0.183. The van der Waals surface area contributed by atoms with Gasteiger partial charge in [-0.25, -0.2) is 0 Å². The third-order valence-corrected chi connectivity index (χ3v) is 3.78. The van der Waals surface area contributed by atoms with Crippen molar-refractivity contribution in [3.63, 3.8) is 0 Å². The number of hydrogen-bond acceptors (Lipinski definition) is 3. The molecule has 94 valence electrons. The number of halogens is 1. The normalized spacial score (nSPS) is 24.6. The first kappa shape index (κ1) is 12.4. The average molecular weight is 257 g/mol. The molecule has 4 nitrogen and oxygen atoms in total. The third-order valence-electron chi connectivity index (χ3n) is 3.20. The molecule has 5 heteroatoms. The van der Waals surface area contributed by atoms with Gasteiger partial charge in [0.1, 0.15) is 5.76 Å². The van der Waals surface area contributed by atoms with Crippen molar-refractivity contribution < 1.29 is 9.32 Å². The molecular formula is C12H17ClN2O2. The molecule has 2 atom stereocenters. The molecule has 1 aliphatic rings. The Morgan fingerprint density at radius 1 is 1.59 bits per heavy atom. The van der Waals surface area contributed by atoms with Crippen molar-refractivity contribution in [3.05, 3.63) is 17.5 Å². The van der Waals surface area contributed by atoms with Crippen LogP contribution in [0.15, 0.2) is 10.6 Å². The number of nitrogens with zero attached hydrogens (tertiary/aromatic N) is 1. The van der Waals surface area contributed by atoms with Gasteiger partial charge in [-0.3, -0.25) is 4.79 Å². The summed E-state index contributed by atoms with van der Waals surface area (Å²) < 4.78 is 4.86. The molecule has 17 heavy (non-hydrogen) atoms. The number of hydrogen-bond donors (Lipinski definition) is 1. The van der Waals surface area contributed by atoms with Crippen LogP contribution < -0.4 is 5.32 Å². The zero-order valence-electron chi connectivity index (χ0n) is 9.91. The van der Waals surface area contributed by atoms with Crippen molar-refractivity contribution >= 4 is 17.5 Å². The highest BCUT2D eigenvalue weighted by molar-refractivity contribution is 6.20. The summed E-state index contributed by atoms with van der Waals surface area (Å²) >= 11 is 6.23. The molecule has 1 saturated carbocycles. The first-order chi connectivity index (χ1) is 8.16. The van der Waals surface area contributed by atoms with Crippen molar-refractivity contribution in [2.45, 2.75) is 38.0 Å². The summed E-state index contributed by atoms with van der Waals surface area (Å²) in [5, 5.41) is 6.73. The standard InChI is InChI=1S/C12H17ClN2O2/c1-8-6-11(15-17-8)12(16)14-7-9-4-2-3-5-10(9)13/h6,9-10H,2-5,7H2,1H3,(H,14,16). The summed E-state index contributed by atoms with van der Waals surface area (Å²) in [6.45, 7) is 2.39. The lowest BCUT2D eigenvalue weighted by Gasteiger charge is -2.26. The van der Waals surface area contributed by atoms with Crippen molar-refractivity contribution in [1.82, 2.24) is 10.5 Å². The maximum Gasteiger partial charge on any atom is 0.273 e. The number of rotatable bonds is 3. The minimum atomic E-state index is -0.184. The Hall–Kier alpha value is -1.03. The second-order valence-electron chi connectivity index (χ2n) is 4.59. The van der Waals surface area contributed by atoms with E-state index in [-0.39, 0.29) is 11.3 Å². The van der Waals surface area contributed by atoms with Gasteiger partial charge in [0.05, 0.1) is 0 Å². The van der Waals surface area contributed by atoms with E-state index in [0.717, 1.165) is 12.8 Å². The molecule has 0 aliphatic heterocycles. The Labute approximate surface area is 106 Å². The van der Waals surface area contributed by atoms with E-state index in [1.807, 2.05) is 0 Å². The van der Waals surface area contributed by atoms with Gasteiger partial charge in [0.2, 0.25) is 0 Å². The van der Waals surface area contributed by atoms with E-state index in [9.17, 15) is 4.79 Å². The summed E-state index contributed by atoms with van der Waals surface area (Å²) in [5.74, 6) is 0.835. The Bertz CT molecular complexity index is 392. The Balaban J connectivity index is 1.83. The lowest BCUT2D eigenvalue weighted by Crippen LogP contribution is -2.34. The fourth-order valence-electron chi connectivity index (χ4n) is 2.18. The molecule has 1 aliphatic carbocycles. The van der Waals surface area contributed by atoms with Crippen molar-refractivity contribution in [2.24, 2.45) is 5.92 Å². The van der Waals surface area contributed by atoms with Gasteiger partial charge in [0, 0.05) is 18.0 Å². The van der Waals surface area contributed by atoms with E-state index < -0.39 is 0 Å². The first-order valence-electron chi connectivity index (χ1n) is 6.02. The SMILES string of the molecule is Cc1cc(C(=O)NCC2CCCCC2Cl)no1. The molecule has 1 aromatic heterocycles. The topological polar surface area (TPSA) is 55.1 Å². The molecule has 2 unspecified atom stereocenters. The van der Waals surface area contributed by atoms with Gasteiger partial charge in [0.25, 0.3) is 5.91 Å². The summed E-state index contributed by atoms with van der Waals surface area (Å²) in [6, 6.07) is 1.63. The molecule has 2 rings (SSSR count). The van der Waals surface area contributed by atoms with Crippen molar-refractivity contribution in [2.75, 3.05) is 6.54 Å². The highest BCUT2D eigenvalue weighted by atomic mass is 35.5. The number of carbonyl (C=O) groups excluding carboxylic acids is 1. The van der Waals surface area contributed by atoms with E-state index in [0.29, 0.717) is 23.9 Å². The molecule has 0 aromatic carbocycles. The zero-order valence-corrected chi connectivity index (χ0v) is 10.7. The van der Waals surface area contributed by atoms with Crippen LogP contribution in [0.25, 0.3) is 0 Å². The molecular weight excluding hydrogens is 240 g/mol. The van der Waals surface area contributed by atoms with E-state index in [1.54, 1.807) is 13.0 Å². The summed E-state index contributed by atoms with van der Waals surface area (Å²) in [6.07, 6.45) is 4.53. The highest BCUT2D eigenvalue weighted by Crippen LogP contribution is 2.27. The molecule has 0 bridgehead atoms. The number of aryl methyl sites for hydroxylation is 1. The van der Waals surface area contributed by atoms with E-state index in [2.05, 4.69) is 10.5 Å². The van der Waals surface area contributed by atoms with E-state index in [1.165, 1.54) is 12.8 Å². The van der Waals surface area contributed by atoms with Crippen LogP contribution in [0.5, 0.6) is 0 Å². The fourth-order valence-corrected chi connectivity index (χ4v) is 2.55. The molecule has 1 fully saturated rings. The monoisotopic (exact) mass is 256 g/mol. The summed E-state index contributed by atoms with van der Waals surface area (Å²) in [4.78, 5) is 11.7. The van der Waals surface area contributed by atoms with Crippen LogP contribution in [0, 0.1) is 12.8 Å². The largest absolute Gasteiger partial charge is 0.361 e. The Morgan fingerprint density at radius 2 is 2.35 bits per heavy atom. The molecule has 0 spiro atoms. The van der Waals surface area contributed by atoms with Gasteiger partial charge in [-0.15, -0.1) is 11.6 Å². The number of nitrogens with one attached hydrogen (secondary N) is 1. The van der Waals surface area contributed by atoms with Gasteiger partial charge in [-0.05, 0) is 25.7 Å². The lowest BCUT2D eigenvalue weighted by atomic mass is 9.89. The Morgan fingerprint density at radius 3 is 3.00 bits per heavy atom. The predicted molar refractivity (Wildman–Crippen MR) is 65.2 cm³/mol. The molecule has 1 amide bonds. The zero-order chi connectivity index (χ0) is 12.3. The summed E-state index contributed by atoms with van der Waals surface area (Å²) in [5.41, 5.74) is 0.337. The predicted octanol–water partition coefficient (Wildman–Crippen LogP) is 2.51. The van der Waals surface area contributed by atoms with E-state index in [4.69, 9.17) is 16.1 Å². The molecule has 0 saturated heterocycles. The molecule has 1 N–H and O–H groups in total. The van der Waals surface area contributed by atoms with Crippen LogP contribution in [0.4, 0.5) is 0 Å². The van der Waals surface area contributed by atoms with Crippen LogP contribution in [0.2, 0.25) is 0 Å². The lowest BCUT2D eigenvalue weighted by molar-refractivity contribution is 0.0935. The van der Waals surface area contributed by atoms with Gasteiger partial charge < -0.3 is 9.84 Å². The maximum atomic E-state index is 11.7. The maximum absolute atomic E-state index is 11.7. The third kappa shape index (κ3) is 3.22. The second-order valence-corrected chi connectivity index (χ2v) is 5.15. The highest BCUT2D eigenvalue weighted by Gasteiger charge is 2.23. The molecule has 1 aromatic rings. The van der Waals surface area contributed by atoms with Crippen LogP contribution in [0.1, 0.15) is 41.9 Å². The van der Waals surface area contributed by atoms with Gasteiger partial charge >= 0.3 is 0 Å². The smallest absolute Gasteiger partial charge is 0.273 e. The van der Waals surface area contributed by atoms with Crippen LogP contribution in [-0.4, -0.2) is 23.0 Å². The van der Waals surface area contributed by atoms with Crippen LogP contribution >= 0.6 is 11.6 Å². The van der Waals surface area contributed by atoms with Gasteiger partial charge in [0.15, 0.2) is 5.69 Å². The minimum Gasteiger partial charge on any atom is -0.361 e. The van der Waals surface area contributed by atoms with Crippen molar-refractivity contribution in [1.29, 1.82) is 0 Å². The number of amides is 1. The number of alkyl halides is 1. The quantitative estimate of drug-likeness (QED) is 0.846. The van der Waals surface area contributed by atoms with Gasteiger partial charge in [-0.2, -0.15) is 0 Å². The van der Waals surface area contributed by atoms with E-state index >= 15 is 0 Å². The average Bonchev–Trinajstić information content (AvgIpc) is 2.74. The number of aromatic nitrogens is 1. The molecule has 0 radical (unpaired) electrons. The fraction of sp³-hybridized carbons (Fsp3) is 0.667. The molecule has 1 heterocycles. The van der Waals surface area contributed by atoms with Crippen LogP contribution in [0.3, 0.4) is 0 Å². The van der Waals surface area contributed by atoms with Gasteiger partial charge in [-0.1, -0.05) is 18.0 Å². The first-order valence-corrected chi connectivity index (χ1v) is 6.46. The van der Waals surface area contributed by atoms with Crippen molar-refractivity contribution in [3.8, 4) is 0 Å². The number of carbonyl (C=O) groups is 1. The Kier molecular flexibility index (Phi) is 4.05. The second kappa shape index (κ2) is 5.54. The van der Waals surface area contributed by atoms with Crippen LogP contribution in [-0.2, 0) is 0 Å². The summed E-state index contributed by atoms with van der Waals surface area (Å²) in [7, 11) is 0.